The predicted molar refractivity (Wildman–Crippen MR) is 97.4 cm³/mol. The molecule has 0 bridgehead atoms. The maximum Gasteiger partial charge on any atom is 0.333 e. The largest absolute Gasteiger partial charge is 0.378 e. The first kappa shape index (κ1) is 21.6. The highest BCUT2D eigenvalue weighted by molar-refractivity contribution is 7.83. The average Bonchev–Trinajstić information content (AvgIpc) is 2.55. The van der Waals surface area contributed by atoms with Crippen LogP contribution in [0.25, 0.3) is 0 Å². The highest BCUT2D eigenvalue weighted by atomic mass is 32.2. The Labute approximate surface area is 147 Å². The third-order valence-corrected chi connectivity index (χ3v) is 5.01. The fraction of sp³-hybridized carbons (Fsp3) is 0.882. The molecular weight excluding hydrogens is 328 g/mol. The highest BCUT2D eigenvalue weighted by Crippen LogP contribution is 2.26. The lowest BCUT2D eigenvalue weighted by molar-refractivity contribution is 0.0166. The molecule has 0 unspecified atom stereocenters. The first-order valence-corrected chi connectivity index (χ1v) is 10.6. The average molecular weight is 363 g/mol. The molecule has 0 aromatic heterocycles. The summed E-state index contributed by atoms with van der Waals surface area (Å²) >= 11 is 0. The number of unbranched alkanes of at least 4 members (excludes halogenated alkanes) is 3. The summed E-state index contributed by atoms with van der Waals surface area (Å²) in [5, 5.41) is 3.39. The van der Waals surface area contributed by atoms with Crippen molar-refractivity contribution >= 4 is 10.3 Å². The minimum Gasteiger partial charge on any atom is -0.378 e. The SMILES string of the molecule is C=CCCNCCCCCCOC1CCC(CNS(=O)(=O)O)CC1. The Morgan fingerprint density at radius 1 is 1.08 bits per heavy atom. The molecule has 0 aromatic carbocycles. The van der Waals surface area contributed by atoms with Crippen molar-refractivity contribution in [2.75, 3.05) is 26.2 Å². The normalized spacial score (nSPS) is 21.7. The number of nitrogens with one attached hydrogen (secondary N) is 2. The maximum absolute atomic E-state index is 10.7. The molecule has 6 nitrogen and oxygen atoms in total. The van der Waals surface area contributed by atoms with Gasteiger partial charge in [0.1, 0.15) is 0 Å². The quantitative estimate of drug-likeness (QED) is 0.251. The van der Waals surface area contributed by atoms with Gasteiger partial charge in [0, 0.05) is 13.2 Å². The van der Waals surface area contributed by atoms with Crippen LogP contribution >= 0.6 is 0 Å². The van der Waals surface area contributed by atoms with Crippen molar-refractivity contribution < 1.29 is 17.7 Å². The molecule has 0 amide bonds. The van der Waals surface area contributed by atoms with Gasteiger partial charge in [0.15, 0.2) is 0 Å². The molecule has 0 heterocycles. The number of hydrogen-bond donors (Lipinski definition) is 3. The van der Waals surface area contributed by atoms with Crippen LogP contribution < -0.4 is 10.0 Å². The zero-order valence-corrected chi connectivity index (χ0v) is 15.5. The fourth-order valence-electron chi connectivity index (χ4n) is 3.01. The predicted octanol–water partition coefficient (Wildman–Crippen LogP) is 2.68. The zero-order chi connectivity index (χ0) is 17.7. The first-order chi connectivity index (χ1) is 11.5. The standard InChI is InChI=1S/C17H34N2O4S/c1-2-3-12-18-13-6-4-5-7-14-23-17-10-8-16(9-11-17)15-19-24(20,21)22/h2,16-19H,1,3-15H2,(H,20,21,22). The molecule has 7 heteroatoms. The van der Waals surface area contributed by atoms with Gasteiger partial charge in [-0.15, -0.1) is 6.58 Å². The summed E-state index contributed by atoms with van der Waals surface area (Å²) in [5.41, 5.74) is 0. The van der Waals surface area contributed by atoms with Crippen LogP contribution in [-0.2, 0) is 15.0 Å². The van der Waals surface area contributed by atoms with Gasteiger partial charge in [-0.25, -0.2) is 0 Å². The van der Waals surface area contributed by atoms with E-state index in [0.717, 1.165) is 58.2 Å². The van der Waals surface area contributed by atoms with Gasteiger partial charge in [-0.05, 0) is 64.0 Å². The topological polar surface area (TPSA) is 87.7 Å². The first-order valence-electron chi connectivity index (χ1n) is 9.16. The second kappa shape index (κ2) is 12.8. The molecule has 142 valence electrons. The van der Waals surface area contributed by atoms with E-state index >= 15 is 0 Å². The van der Waals surface area contributed by atoms with Crippen LogP contribution in [0.15, 0.2) is 12.7 Å². The van der Waals surface area contributed by atoms with Gasteiger partial charge in [-0.3, -0.25) is 4.55 Å². The van der Waals surface area contributed by atoms with Crippen LogP contribution in [0, 0.1) is 5.92 Å². The Balaban J connectivity index is 1.90. The van der Waals surface area contributed by atoms with Gasteiger partial charge in [0.25, 0.3) is 0 Å². The lowest BCUT2D eigenvalue weighted by atomic mass is 9.87. The molecule has 0 atom stereocenters. The number of ether oxygens (including phenoxy) is 1. The molecular formula is C17H34N2O4S. The van der Waals surface area contributed by atoms with Crippen molar-refractivity contribution in [2.45, 2.75) is 63.9 Å². The summed E-state index contributed by atoms with van der Waals surface area (Å²) in [7, 11) is -4.06. The summed E-state index contributed by atoms with van der Waals surface area (Å²) in [6.07, 6.45) is 11.9. The minimum atomic E-state index is -4.06. The van der Waals surface area contributed by atoms with Crippen LogP contribution in [0.1, 0.15) is 57.8 Å². The van der Waals surface area contributed by atoms with Crippen molar-refractivity contribution in [1.82, 2.24) is 10.0 Å². The van der Waals surface area contributed by atoms with E-state index in [1.807, 2.05) is 6.08 Å². The number of rotatable bonds is 14. The third-order valence-electron chi connectivity index (χ3n) is 4.47. The molecule has 0 aliphatic heterocycles. The maximum atomic E-state index is 10.7. The molecule has 0 spiro atoms. The molecule has 1 aliphatic rings. The zero-order valence-electron chi connectivity index (χ0n) is 14.7. The monoisotopic (exact) mass is 362 g/mol. The third kappa shape index (κ3) is 12.0. The van der Waals surface area contributed by atoms with E-state index in [-0.39, 0.29) is 0 Å². The van der Waals surface area contributed by atoms with Gasteiger partial charge in [0.05, 0.1) is 6.10 Å². The Morgan fingerprint density at radius 2 is 1.79 bits per heavy atom. The molecule has 24 heavy (non-hydrogen) atoms. The van der Waals surface area contributed by atoms with E-state index in [2.05, 4.69) is 16.6 Å². The van der Waals surface area contributed by atoms with Crippen molar-refractivity contribution in [3.8, 4) is 0 Å². The molecule has 1 saturated carbocycles. The molecule has 0 saturated heterocycles. The minimum absolute atomic E-state index is 0.306. The second-order valence-corrected chi connectivity index (χ2v) is 7.82. The van der Waals surface area contributed by atoms with Crippen LogP contribution in [-0.4, -0.2) is 45.3 Å². The molecule has 1 fully saturated rings. The summed E-state index contributed by atoms with van der Waals surface area (Å²) in [4.78, 5) is 0. The van der Waals surface area contributed by atoms with Crippen molar-refractivity contribution in [3.63, 3.8) is 0 Å². The van der Waals surface area contributed by atoms with E-state index in [1.54, 1.807) is 0 Å². The van der Waals surface area contributed by atoms with Crippen molar-refractivity contribution in [2.24, 2.45) is 5.92 Å². The Bertz CT molecular complexity index is 420. The molecule has 1 rings (SSSR count). The number of hydrogen-bond acceptors (Lipinski definition) is 4. The molecule has 0 aromatic rings. The summed E-state index contributed by atoms with van der Waals surface area (Å²) < 4.78 is 38.1. The van der Waals surface area contributed by atoms with Crippen LogP contribution in [0.4, 0.5) is 0 Å². The molecule has 1 aliphatic carbocycles. The van der Waals surface area contributed by atoms with Gasteiger partial charge in [0.2, 0.25) is 0 Å². The molecule has 0 radical (unpaired) electrons. The van der Waals surface area contributed by atoms with Crippen molar-refractivity contribution in [1.29, 1.82) is 0 Å². The fourth-order valence-corrected chi connectivity index (χ4v) is 3.46. The Hall–Kier alpha value is -0.470. The second-order valence-electron chi connectivity index (χ2n) is 6.58. The van der Waals surface area contributed by atoms with Crippen molar-refractivity contribution in [3.05, 3.63) is 12.7 Å². The van der Waals surface area contributed by atoms with E-state index in [0.29, 0.717) is 18.6 Å². The smallest absolute Gasteiger partial charge is 0.333 e. The van der Waals surface area contributed by atoms with E-state index in [9.17, 15) is 8.42 Å². The van der Waals surface area contributed by atoms with Gasteiger partial charge in [-0.2, -0.15) is 13.1 Å². The highest BCUT2D eigenvalue weighted by Gasteiger charge is 2.22. The van der Waals surface area contributed by atoms with Gasteiger partial charge < -0.3 is 10.1 Å². The van der Waals surface area contributed by atoms with E-state index < -0.39 is 10.3 Å². The summed E-state index contributed by atoms with van der Waals surface area (Å²) in [6.45, 7) is 6.95. The summed E-state index contributed by atoms with van der Waals surface area (Å²) in [5.74, 6) is 0.306. The molecule has 3 N–H and O–H groups in total. The Morgan fingerprint density at radius 3 is 2.46 bits per heavy atom. The van der Waals surface area contributed by atoms with E-state index in [4.69, 9.17) is 9.29 Å². The lowest BCUT2D eigenvalue weighted by Crippen LogP contribution is -2.32. The van der Waals surface area contributed by atoms with Gasteiger partial charge >= 0.3 is 10.3 Å². The van der Waals surface area contributed by atoms with Gasteiger partial charge in [-0.1, -0.05) is 18.9 Å². The summed E-state index contributed by atoms with van der Waals surface area (Å²) in [6, 6.07) is 0. The Kier molecular flexibility index (Phi) is 11.5. The van der Waals surface area contributed by atoms with E-state index in [1.165, 1.54) is 19.3 Å². The van der Waals surface area contributed by atoms with Crippen LogP contribution in [0.2, 0.25) is 0 Å². The van der Waals surface area contributed by atoms with Crippen LogP contribution in [0.3, 0.4) is 0 Å². The van der Waals surface area contributed by atoms with Crippen LogP contribution in [0.5, 0.6) is 0 Å². The lowest BCUT2D eigenvalue weighted by Gasteiger charge is -2.28.